The second-order valence-electron chi connectivity index (χ2n) is 6.65. The SMILES string of the molecule is CCCCCCCCCCC(C)C(=O)NC(C)c1ccccn1. The molecule has 1 amide bonds. The van der Waals surface area contributed by atoms with Crippen molar-refractivity contribution in [1.82, 2.24) is 10.3 Å². The smallest absolute Gasteiger partial charge is 0.223 e. The van der Waals surface area contributed by atoms with Gasteiger partial charge in [-0.15, -0.1) is 0 Å². The van der Waals surface area contributed by atoms with Crippen LogP contribution in [0.5, 0.6) is 0 Å². The quantitative estimate of drug-likeness (QED) is 0.522. The molecule has 0 radical (unpaired) electrons. The first-order chi connectivity index (χ1) is 11.1. The molecule has 0 aliphatic carbocycles. The highest BCUT2D eigenvalue weighted by Crippen LogP contribution is 2.15. The van der Waals surface area contributed by atoms with Gasteiger partial charge in [0, 0.05) is 12.1 Å². The Bertz CT molecular complexity index is 419. The number of pyridine rings is 1. The van der Waals surface area contributed by atoms with Crippen LogP contribution in [-0.2, 0) is 4.79 Å². The Hall–Kier alpha value is -1.38. The minimum atomic E-state index is -0.0234. The molecule has 0 aliphatic rings. The van der Waals surface area contributed by atoms with Crippen molar-refractivity contribution in [3.05, 3.63) is 30.1 Å². The van der Waals surface area contributed by atoms with Gasteiger partial charge in [-0.05, 0) is 25.5 Å². The number of hydrogen-bond acceptors (Lipinski definition) is 2. The monoisotopic (exact) mass is 318 g/mol. The average Bonchev–Trinajstić information content (AvgIpc) is 2.57. The number of carbonyl (C=O) groups excluding carboxylic acids is 1. The van der Waals surface area contributed by atoms with E-state index in [0.29, 0.717) is 0 Å². The van der Waals surface area contributed by atoms with Crippen LogP contribution in [0.15, 0.2) is 24.4 Å². The van der Waals surface area contributed by atoms with E-state index in [1.54, 1.807) is 6.20 Å². The fourth-order valence-corrected chi connectivity index (χ4v) is 2.78. The van der Waals surface area contributed by atoms with Crippen molar-refractivity contribution in [2.24, 2.45) is 5.92 Å². The van der Waals surface area contributed by atoms with Crippen LogP contribution >= 0.6 is 0 Å². The fraction of sp³-hybridized carbons (Fsp3) is 0.700. The zero-order chi connectivity index (χ0) is 16.9. The van der Waals surface area contributed by atoms with Gasteiger partial charge in [0.15, 0.2) is 0 Å². The molecule has 0 spiro atoms. The molecule has 130 valence electrons. The first kappa shape index (κ1) is 19.7. The van der Waals surface area contributed by atoms with Crippen LogP contribution < -0.4 is 5.32 Å². The molecule has 0 bridgehead atoms. The maximum absolute atomic E-state index is 12.2. The highest BCUT2D eigenvalue weighted by atomic mass is 16.1. The molecule has 2 atom stereocenters. The maximum Gasteiger partial charge on any atom is 0.223 e. The van der Waals surface area contributed by atoms with Gasteiger partial charge in [0.2, 0.25) is 5.91 Å². The Kier molecular flexibility index (Phi) is 10.3. The third-order valence-electron chi connectivity index (χ3n) is 4.43. The molecule has 0 aromatic carbocycles. The number of unbranched alkanes of at least 4 members (excludes halogenated alkanes) is 7. The lowest BCUT2D eigenvalue weighted by atomic mass is 10.0. The number of amides is 1. The molecule has 1 rings (SSSR count). The van der Waals surface area contributed by atoms with Gasteiger partial charge in [0.05, 0.1) is 11.7 Å². The molecule has 1 N–H and O–H groups in total. The number of carbonyl (C=O) groups is 1. The van der Waals surface area contributed by atoms with E-state index < -0.39 is 0 Å². The van der Waals surface area contributed by atoms with Gasteiger partial charge < -0.3 is 5.32 Å². The summed E-state index contributed by atoms with van der Waals surface area (Å²) in [7, 11) is 0. The van der Waals surface area contributed by atoms with Crippen LogP contribution in [0.2, 0.25) is 0 Å². The van der Waals surface area contributed by atoms with Gasteiger partial charge in [-0.2, -0.15) is 0 Å². The van der Waals surface area contributed by atoms with Crippen LogP contribution in [0.1, 0.15) is 90.3 Å². The molecule has 0 saturated carbocycles. The van der Waals surface area contributed by atoms with Gasteiger partial charge >= 0.3 is 0 Å². The Labute approximate surface area is 142 Å². The van der Waals surface area contributed by atoms with Crippen molar-refractivity contribution in [2.75, 3.05) is 0 Å². The van der Waals surface area contributed by atoms with Crippen molar-refractivity contribution in [3.8, 4) is 0 Å². The van der Waals surface area contributed by atoms with Crippen LogP contribution in [0.3, 0.4) is 0 Å². The summed E-state index contributed by atoms with van der Waals surface area (Å²) in [6.07, 6.45) is 13.2. The number of rotatable bonds is 12. The van der Waals surface area contributed by atoms with Crippen LogP contribution in [-0.4, -0.2) is 10.9 Å². The summed E-state index contributed by atoms with van der Waals surface area (Å²) in [5.41, 5.74) is 0.917. The van der Waals surface area contributed by atoms with E-state index in [9.17, 15) is 4.79 Å². The second-order valence-corrected chi connectivity index (χ2v) is 6.65. The maximum atomic E-state index is 12.2. The van der Waals surface area contributed by atoms with E-state index in [0.717, 1.165) is 18.5 Å². The molecule has 3 nitrogen and oxygen atoms in total. The molecular weight excluding hydrogens is 284 g/mol. The lowest BCUT2D eigenvalue weighted by molar-refractivity contribution is -0.125. The summed E-state index contributed by atoms with van der Waals surface area (Å²) >= 11 is 0. The lowest BCUT2D eigenvalue weighted by Crippen LogP contribution is -2.31. The Balaban J connectivity index is 2.12. The minimum Gasteiger partial charge on any atom is -0.348 e. The van der Waals surface area contributed by atoms with Gasteiger partial charge in [0.25, 0.3) is 0 Å². The third-order valence-corrected chi connectivity index (χ3v) is 4.43. The van der Waals surface area contributed by atoms with Gasteiger partial charge in [-0.3, -0.25) is 9.78 Å². The Morgan fingerprint density at radius 3 is 2.30 bits per heavy atom. The molecule has 1 aromatic rings. The molecule has 23 heavy (non-hydrogen) atoms. The standard InChI is InChI=1S/C20H34N2O/c1-4-5-6-7-8-9-10-11-14-17(2)20(23)22-18(3)19-15-12-13-16-21-19/h12-13,15-18H,4-11,14H2,1-3H3,(H,22,23). The highest BCUT2D eigenvalue weighted by Gasteiger charge is 2.16. The van der Waals surface area contributed by atoms with Crippen molar-refractivity contribution < 1.29 is 4.79 Å². The van der Waals surface area contributed by atoms with Crippen molar-refractivity contribution in [2.45, 2.75) is 84.6 Å². The molecule has 0 fully saturated rings. The summed E-state index contributed by atoms with van der Waals surface area (Å²) in [6, 6.07) is 5.77. The van der Waals surface area contributed by atoms with Crippen molar-refractivity contribution in [1.29, 1.82) is 0 Å². The average molecular weight is 319 g/mol. The van der Waals surface area contributed by atoms with E-state index in [1.165, 1.54) is 44.9 Å². The molecule has 0 saturated heterocycles. The number of nitrogens with zero attached hydrogens (tertiary/aromatic N) is 1. The lowest BCUT2D eigenvalue weighted by Gasteiger charge is -2.17. The zero-order valence-electron chi connectivity index (χ0n) is 15.2. The summed E-state index contributed by atoms with van der Waals surface area (Å²) in [4.78, 5) is 16.5. The Morgan fingerprint density at radius 2 is 1.70 bits per heavy atom. The summed E-state index contributed by atoms with van der Waals surface area (Å²) in [6.45, 7) is 6.27. The molecule has 3 heteroatoms. The molecule has 1 heterocycles. The predicted molar refractivity (Wildman–Crippen MR) is 97.2 cm³/mol. The zero-order valence-corrected chi connectivity index (χ0v) is 15.2. The molecule has 2 unspecified atom stereocenters. The highest BCUT2D eigenvalue weighted by molar-refractivity contribution is 5.78. The summed E-state index contributed by atoms with van der Waals surface area (Å²) in [5.74, 6) is 0.229. The van der Waals surface area contributed by atoms with Crippen molar-refractivity contribution >= 4 is 5.91 Å². The van der Waals surface area contributed by atoms with Crippen molar-refractivity contribution in [3.63, 3.8) is 0 Å². The largest absolute Gasteiger partial charge is 0.348 e. The van der Waals surface area contributed by atoms with E-state index in [-0.39, 0.29) is 17.9 Å². The fourth-order valence-electron chi connectivity index (χ4n) is 2.78. The van der Waals surface area contributed by atoms with Crippen LogP contribution in [0, 0.1) is 5.92 Å². The van der Waals surface area contributed by atoms with E-state index >= 15 is 0 Å². The topological polar surface area (TPSA) is 42.0 Å². The molecular formula is C20H34N2O. The first-order valence-electron chi connectivity index (χ1n) is 9.36. The first-order valence-corrected chi connectivity index (χ1v) is 9.36. The van der Waals surface area contributed by atoms with Gasteiger partial charge in [-0.1, -0.05) is 71.3 Å². The third kappa shape index (κ3) is 8.73. The Morgan fingerprint density at radius 1 is 1.04 bits per heavy atom. The van der Waals surface area contributed by atoms with E-state index in [1.807, 2.05) is 32.0 Å². The van der Waals surface area contributed by atoms with Gasteiger partial charge in [0.1, 0.15) is 0 Å². The normalized spacial score (nSPS) is 13.5. The van der Waals surface area contributed by atoms with Crippen LogP contribution in [0.25, 0.3) is 0 Å². The predicted octanol–water partition coefficient (Wildman–Crippen LogP) is 5.43. The summed E-state index contributed by atoms with van der Waals surface area (Å²) < 4.78 is 0. The van der Waals surface area contributed by atoms with Gasteiger partial charge in [-0.25, -0.2) is 0 Å². The number of nitrogens with one attached hydrogen (secondary N) is 1. The number of aromatic nitrogens is 1. The van der Waals surface area contributed by atoms with E-state index in [4.69, 9.17) is 0 Å². The minimum absolute atomic E-state index is 0.0234. The van der Waals surface area contributed by atoms with Crippen LogP contribution in [0.4, 0.5) is 0 Å². The number of hydrogen-bond donors (Lipinski definition) is 1. The molecule has 0 aliphatic heterocycles. The summed E-state index contributed by atoms with van der Waals surface area (Å²) in [5, 5.41) is 3.07. The van der Waals surface area contributed by atoms with E-state index in [2.05, 4.69) is 17.2 Å². The molecule has 1 aromatic heterocycles. The second kappa shape index (κ2) is 12.1.